The van der Waals surface area contributed by atoms with Crippen LogP contribution in [-0.4, -0.2) is 53.9 Å². The van der Waals surface area contributed by atoms with Crippen LogP contribution >= 0.6 is 0 Å². The Morgan fingerprint density at radius 3 is 2.19 bits per heavy atom. The normalized spacial score (nSPS) is 10.9. The summed E-state index contributed by atoms with van der Waals surface area (Å²) in [6, 6.07) is 9.25. The van der Waals surface area contributed by atoms with Crippen molar-refractivity contribution in [2.24, 2.45) is 0 Å². The summed E-state index contributed by atoms with van der Waals surface area (Å²) in [5.74, 6) is 2.05. The van der Waals surface area contributed by atoms with E-state index in [2.05, 4.69) is 4.98 Å². The smallest absolute Gasteiger partial charge is 0.260 e. The zero-order valence-corrected chi connectivity index (χ0v) is 18.4. The maximum absolute atomic E-state index is 13.0. The molecule has 1 N–H and O–H groups in total. The van der Waals surface area contributed by atoms with Crippen LogP contribution < -0.4 is 24.5 Å². The van der Waals surface area contributed by atoms with Crippen LogP contribution in [0.15, 0.2) is 35.1 Å². The van der Waals surface area contributed by atoms with Gasteiger partial charge < -0.3 is 33.4 Å². The van der Waals surface area contributed by atoms with Gasteiger partial charge in [-0.05, 0) is 41.6 Å². The van der Waals surface area contributed by atoms with Gasteiger partial charge in [-0.15, -0.1) is 0 Å². The van der Waals surface area contributed by atoms with Gasteiger partial charge in [-0.25, -0.2) is 0 Å². The maximum atomic E-state index is 13.0. The Balaban J connectivity index is 2.17. The van der Waals surface area contributed by atoms with E-state index in [4.69, 9.17) is 28.4 Å². The number of benzene rings is 2. The standard InChI is InChI=1S/C23H27NO7/c1-26-13-31-9-8-14-11-19(28-3)20(29-4)12-16(14)17-10-15-6-7-18(27-2)22(30-5)21(15)23(25)24-17/h6-7,10-12H,8-9,13H2,1-5H3,(H,24,25). The number of hydrogen-bond donors (Lipinski definition) is 1. The Labute approximate surface area is 180 Å². The molecule has 0 atom stereocenters. The first kappa shape index (κ1) is 22.5. The van der Waals surface area contributed by atoms with E-state index < -0.39 is 0 Å². The first-order chi connectivity index (χ1) is 15.1. The Bertz CT molecular complexity index is 1110. The fourth-order valence-corrected chi connectivity index (χ4v) is 3.52. The third-order valence-corrected chi connectivity index (χ3v) is 4.97. The largest absolute Gasteiger partial charge is 0.493 e. The van der Waals surface area contributed by atoms with Gasteiger partial charge in [0.05, 0.1) is 40.4 Å². The minimum atomic E-state index is -0.278. The monoisotopic (exact) mass is 429 g/mol. The van der Waals surface area contributed by atoms with Gasteiger partial charge in [-0.1, -0.05) is 6.07 Å². The Morgan fingerprint density at radius 1 is 0.839 bits per heavy atom. The highest BCUT2D eigenvalue weighted by molar-refractivity contribution is 5.92. The molecule has 1 aromatic heterocycles. The first-order valence-electron chi connectivity index (χ1n) is 9.67. The summed E-state index contributed by atoms with van der Waals surface area (Å²) in [5.41, 5.74) is 2.11. The lowest BCUT2D eigenvalue weighted by Crippen LogP contribution is -2.10. The Hall–Kier alpha value is -3.23. The molecule has 2 aromatic carbocycles. The van der Waals surface area contributed by atoms with E-state index in [1.165, 1.54) is 14.2 Å². The van der Waals surface area contributed by atoms with Crippen molar-refractivity contribution in [1.29, 1.82) is 0 Å². The number of rotatable bonds is 10. The van der Waals surface area contributed by atoms with Crippen molar-refractivity contribution in [3.8, 4) is 34.3 Å². The van der Waals surface area contributed by atoms with E-state index in [1.807, 2.05) is 24.3 Å². The van der Waals surface area contributed by atoms with E-state index in [-0.39, 0.29) is 12.4 Å². The van der Waals surface area contributed by atoms with Crippen molar-refractivity contribution in [2.75, 3.05) is 48.9 Å². The Kier molecular flexibility index (Phi) is 7.38. The summed E-state index contributed by atoms with van der Waals surface area (Å²) in [6.07, 6.45) is 0.588. The van der Waals surface area contributed by atoms with Crippen molar-refractivity contribution in [2.45, 2.75) is 6.42 Å². The number of H-pyrrole nitrogens is 1. The molecule has 31 heavy (non-hydrogen) atoms. The number of aromatic nitrogens is 1. The third kappa shape index (κ3) is 4.60. The van der Waals surface area contributed by atoms with Gasteiger partial charge in [0.1, 0.15) is 6.79 Å². The molecular formula is C23H27NO7. The van der Waals surface area contributed by atoms with Crippen LogP contribution in [0.5, 0.6) is 23.0 Å². The van der Waals surface area contributed by atoms with E-state index in [0.29, 0.717) is 47.1 Å². The highest BCUT2D eigenvalue weighted by Crippen LogP contribution is 2.38. The minimum Gasteiger partial charge on any atom is -0.493 e. The quantitative estimate of drug-likeness (QED) is 0.390. The summed E-state index contributed by atoms with van der Waals surface area (Å²) in [7, 11) is 7.78. The molecule has 8 nitrogen and oxygen atoms in total. The second-order valence-electron chi connectivity index (χ2n) is 6.71. The van der Waals surface area contributed by atoms with Crippen LogP contribution in [0.3, 0.4) is 0 Å². The predicted octanol–water partition coefficient (Wildman–Crippen LogP) is 3.39. The molecule has 0 aliphatic rings. The van der Waals surface area contributed by atoms with Gasteiger partial charge in [0.2, 0.25) is 0 Å². The molecule has 0 spiro atoms. The summed E-state index contributed by atoms with van der Waals surface area (Å²) in [4.78, 5) is 16.0. The molecule has 3 aromatic rings. The molecule has 0 saturated heterocycles. The molecule has 166 valence electrons. The average molecular weight is 429 g/mol. The third-order valence-electron chi connectivity index (χ3n) is 4.97. The van der Waals surface area contributed by atoms with Crippen LogP contribution in [0.2, 0.25) is 0 Å². The molecule has 0 unspecified atom stereocenters. The lowest BCUT2D eigenvalue weighted by atomic mass is 9.98. The predicted molar refractivity (Wildman–Crippen MR) is 118 cm³/mol. The van der Waals surface area contributed by atoms with Crippen molar-refractivity contribution in [1.82, 2.24) is 4.98 Å². The van der Waals surface area contributed by atoms with Crippen molar-refractivity contribution >= 4 is 10.8 Å². The van der Waals surface area contributed by atoms with Gasteiger partial charge >= 0.3 is 0 Å². The number of aromatic amines is 1. The lowest BCUT2D eigenvalue weighted by Gasteiger charge is -2.16. The summed E-state index contributed by atoms with van der Waals surface area (Å²) in [5, 5.41) is 1.16. The minimum absolute atomic E-state index is 0.205. The molecular weight excluding hydrogens is 402 g/mol. The summed E-state index contributed by atoms with van der Waals surface area (Å²) >= 11 is 0. The van der Waals surface area contributed by atoms with E-state index in [9.17, 15) is 4.79 Å². The van der Waals surface area contributed by atoms with E-state index in [1.54, 1.807) is 27.4 Å². The number of pyridine rings is 1. The van der Waals surface area contributed by atoms with Crippen molar-refractivity contribution in [3.05, 3.63) is 46.2 Å². The molecule has 1 heterocycles. The second-order valence-corrected chi connectivity index (χ2v) is 6.71. The Morgan fingerprint density at radius 2 is 1.55 bits per heavy atom. The van der Waals surface area contributed by atoms with Gasteiger partial charge in [-0.3, -0.25) is 4.79 Å². The molecule has 0 aliphatic heterocycles. The number of ether oxygens (including phenoxy) is 6. The maximum Gasteiger partial charge on any atom is 0.260 e. The van der Waals surface area contributed by atoms with Crippen LogP contribution in [0.1, 0.15) is 5.56 Å². The molecule has 0 aliphatic carbocycles. The molecule has 8 heteroatoms. The molecule has 0 saturated carbocycles. The van der Waals surface area contributed by atoms with Gasteiger partial charge in [0.25, 0.3) is 5.56 Å². The van der Waals surface area contributed by atoms with Crippen LogP contribution in [0.4, 0.5) is 0 Å². The van der Waals surface area contributed by atoms with Crippen LogP contribution in [0, 0.1) is 0 Å². The second kappa shape index (κ2) is 10.2. The van der Waals surface area contributed by atoms with Gasteiger partial charge in [0.15, 0.2) is 23.0 Å². The number of methoxy groups -OCH3 is 5. The lowest BCUT2D eigenvalue weighted by molar-refractivity contribution is -0.0291. The number of fused-ring (bicyclic) bond motifs is 1. The molecule has 0 amide bonds. The average Bonchev–Trinajstić information content (AvgIpc) is 2.80. The SMILES string of the molecule is COCOCCc1cc(OC)c(OC)cc1-c1cc2ccc(OC)c(OC)c2c(=O)[nH]1. The number of nitrogens with one attached hydrogen (secondary N) is 1. The molecule has 3 rings (SSSR count). The molecule has 0 bridgehead atoms. The van der Waals surface area contributed by atoms with E-state index >= 15 is 0 Å². The zero-order chi connectivity index (χ0) is 22.4. The number of hydrogen-bond acceptors (Lipinski definition) is 7. The highest BCUT2D eigenvalue weighted by atomic mass is 16.7. The topological polar surface area (TPSA) is 88.2 Å². The molecule has 0 radical (unpaired) electrons. The summed E-state index contributed by atoms with van der Waals surface area (Å²) in [6.45, 7) is 0.649. The van der Waals surface area contributed by atoms with Crippen LogP contribution in [0.25, 0.3) is 22.0 Å². The van der Waals surface area contributed by atoms with Crippen molar-refractivity contribution < 1.29 is 28.4 Å². The summed E-state index contributed by atoms with van der Waals surface area (Å²) < 4.78 is 32.1. The van der Waals surface area contributed by atoms with Crippen molar-refractivity contribution in [3.63, 3.8) is 0 Å². The molecule has 0 fully saturated rings. The van der Waals surface area contributed by atoms with Gasteiger partial charge in [-0.2, -0.15) is 0 Å². The van der Waals surface area contributed by atoms with Crippen LogP contribution in [-0.2, 0) is 15.9 Å². The highest BCUT2D eigenvalue weighted by Gasteiger charge is 2.17. The first-order valence-corrected chi connectivity index (χ1v) is 9.67. The van der Waals surface area contributed by atoms with Gasteiger partial charge in [0, 0.05) is 18.4 Å². The zero-order valence-electron chi connectivity index (χ0n) is 18.4. The fourth-order valence-electron chi connectivity index (χ4n) is 3.52. The van der Waals surface area contributed by atoms with E-state index in [0.717, 1.165) is 16.5 Å². The fraction of sp³-hybridized carbons (Fsp3) is 0.348.